The quantitative estimate of drug-likeness (QED) is 0.632. The molecule has 0 saturated heterocycles. The second-order valence-corrected chi connectivity index (χ2v) is 5.28. The molecule has 5 nitrogen and oxygen atoms in total. The number of rotatable bonds is 7. The number of hydrogen-bond donors (Lipinski definition) is 4. The average molecular weight is 289 g/mol. The van der Waals surface area contributed by atoms with Crippen molar-refractivity contribution in [3.8, 4) is 0 Å². The first-order valence-corrected chi connectivity index (χ1v) is 7.45. The van der Waals surface area contributed by atoms with Crippen molar-refractivity contribution in [1.29, 1.82) is 0 Å². The zero-order chi connectivity index (χ0) is 15.1. The van der Waals surface area contributed by atoms with E-state index in [1.54, 1.807) is 0 Å². The van der Waals surface area contributed by atoms with Gasteiger partial charge in [0.05, 0.1) is 0 Å². The van der Waals surface area contributed by atoms with Crippen molar-refractivity contribution in [3.63, 3.8) is 0 Å². The van der Waals surface area contributed by atoms with Gasteiger partial charge in [0.15, 0.2) is 0 Å². The van der Waals surface area contributed by atoms with E-state index in [4.69, 9.17) is 5.11 Å². The second-order valence-electron chi connectivity index (χ2n) is 5.28. The number of aromatic nitrogens is 1. The Bertz CT molecular complexity index is 574. The van der Waals surface area contributed by atoms with E-state index in [9.17, 15) is 4.79 Å². The largest absolute Gasteiger partial charge is 0.396 e. The van der Waals surface area contributed by atoms with Gasteiger partial charge in [0.1, 0.15) is 0 Å². The summed E-state index contributed by atoms with van der Waals surface area (Å²) in [6.45, 7) is 2.86. The summed E-state index contributed by atoms with van der Waals surface area (Å²) in [5.41, 5.74) is 1.82. The second kappa shape index (κ2) is 7.69. The number of urea groups is 1. The van der Waals surface area contributed by atoms with Crippen LogP contribution in [0.1, 0.15) is 26.2 Å². The van der Waals surface area contributed by atoms with E-state index < -0.39 is 0 Å². The minimum Gasteiger partial charge on any atom is -0.396 e. The van der Waals surface area contributed by atoms with Gasteiger partial charge in [0.2, 0.25) is 0 Å². The van der Waals surface area contributed by atoms with Crippen molar-refractivity contribution >= 4 is 22.6 Å². The Kier molecular flexibility index (Phi) is 5.63. The fourth-order valence-electron chi connectivity index (χ4n) is 2.48. The van der Waals surface area contributed by atoms with Crippen molar-refractivity contribution in [1.82, 2.24) is 10.3 Å². The summed E-state index contributed by atoms with van der Waals surface area (Å²) >= 11 is 0. The minimum atomic E-state index is -0.205. The fourth-order valence-corrected chi connectivity index (χ4v) is 2.48. The molecule has 0 saturated carbocycles. The van der Waals surface area contributed by atoms with Gasteiger partial charge >= 0.3 is 6.03 Å². The molecule has 2 rings (SSSR count). The standard InChI is InChI=1S/C16H23N3O2/c1-2-3-12(7-9-20)11-18-16(21)19-14-4-5-15-13(10-14)6-8-17-15/h4-6,8,10,12,17,20H,2-3,7,9,11H2,1H3,(H2,18,19,21). The normalized spacial score (nSPS) is 12.3. The molecule has 0 spiro atoms. The molecular weight excluding hydrogens is 266 g/mol. The monoisotopic (exact) mass is 289 g/mol. The number of carbonyl (C=O) groups excluding carboxylic acids is 1. The molecule has 2 aromatic rings. The summed E-state index contributed by atoms with van der Waals surface area (Å²) in [5, 5.41) is 15.8. The van der Waals surface area contributed by atoms with Crippen molar-refractivity contribution in [2.75, 3.05) is 18.5 Å². The van der Waals surface area contributed by atoms with Gasteiger partial charge in [-0.05, 0) is 43.0 Å². The first-order chi connectivity index (χ1) is 10.2. The van der Waals surface area contributed by atoms with Crippen LogP contribution < -0.4 is 10.6 Å². The van der Waals surface area contributed by atoms with Crippen molar-refractivity contribution in [2.24, 2.45) is 5.92 Å². The Labute approximate surface area is 124 Å². The maximum Gasteiger partial charge on any atom is 0.319 e. The molecule has 2 amide bonds. The Morgan fingerprint density at radius 2 is 2.19 bits per heavy atom. The number of aliphatic hydroxyl groups excluding tert-OH is 1. The lowest BCUT2D eigenvalue weighted by Gasteiger charge is -2.16. The zero-order valence-corrected chi connectivity index (χ0v) is 12.4. The highest BCUT2D eigenvalue weighted by molar-refractivity contribution is 5.92. The van der Waals surface area contributed by atoms with E-state index in [1.165, 1.54) is 0 Å². The smallest absolute Gasteiger partial charge is 0.319 e. The predicted molar refractivity (Wildman–Crippen MR) is 85.4 cm³/mol. The lowest BCUT2D eigenvalue weighted by Crippen LogP contribution is -2.33. The van der Waals surface area contributed by atoms with E-state index >= 15 is 0 Å². The van der Waals surface area contributed by atoms with Crippen LogP contribution in [0.25, 0.3) is 10.9 Å². The van der Waals surface area contributed by atoms with Gasteiger partial charge in [-0.15, -0.1) is 0 Å². The highest BCUT2D eigenvalue weighted by Crippen LogP contribution is 2.17. The van der Waals surface area contributed by atoms with Crippen LogP contribution in [0.3, 0.4) is 0 Å². The Morgan fingerprint density at radius 3 is 2.95 bits per heavy atom. The molecule has 0 bridgehead atoms. The van der Waals surface area contributed by atoms with E-state index in [2.05, 4.69) is 22.5 Å². The SMILES string of the molecule is CCCC(CCO)CNC(=O)Nc1ccc2[nH]ccc2c1. The molecule has 1 unspecified atom stereocenters. The topological polar surface area (TPSA) is 77.2 Å². The van der Waals surface area contributed by atoms with Gasteiger partial charge in [0, 0.05) is 35.9 Å². The number of fused-ring (bicyclic) bond motifs is 1. The van der Waals surface area contributed by atoms with E-state index in [0.717, 1.165) is 35.9 Å². The van der Waals surface area contributed by atoms with Gasteiger partial charge in [-0.2, -0.15) is 0 Å². The first-order valence-electron chi connectivity index (χ1n) is 7.45. The number of benzene rings is 1. The Morgan fingerprint density at radius 1 is 1.33 bits per heavy atom. The number of aliphatic hydroxyl groups is 1. The third kappa shape index (κ3) is 4.49. The number of anilines is 1. The molecule has 1 heterocycles. The predicted octanol–water partition coefficient (Wildman–Crippen LogP) is 3.09. The Hall–Kier alpha value is -2.01. The molecule has 5 heteroatoms. The summed E-state index contributed by atoms with van der Waals surface area (Å²) in [6.07, 6.45) is 4.66. The van der Waals surface area contributed by atoms with Gasteiger partial charge in [-0.1, -0.05) is 13.3 Å². The molecule has 1 aromatic heterocycles. The molecule has 1 atom stereocenters. The molecule has 21 heavy (non-hydrogen) atoms. The maximum absolute atomic E-state index is 11.9. The lowest BCUT2D eigenvalue weighted by atomic mass is 10.0. The summed E-state index contributed by atoms with van der Waals surface area (Å²) in [7, 11) is 0. The Balaban J connectivity index is 1.85. The van der Waals surface area contributed by atoms with Crippen LogP contribution >= 0.6 is 0 Å². The zero-order valence-electron chi connectivity index (χ0n) is 12.4. The first kappa shape index (κ1) is 15.4. The molecule has 0 aliphatic heterocycles. The van der Waals surface area contributed by atoms with Gasteiger partial charge in [0.25, 0.3) is 0 Å². The fraction of sp³-hybridized carbons (Fsp3) is 0.438. The third-order valence-electron chi connectivity index (χ3n) is 3.60. The summed E-state index contributed by atoms with van der Waals surface area (Å²) in [4.78, 5) is 15.0. The molecule has 114 valence electrons. The lowest BCUT2D eigenvalue weighted by molar-refractivity contribution is 0.237. The van der Waals surface area contributed by atoms with Gasteiger partial charge < -0.3 is 20.7 Å². The summed E-state index contributed by atoms with van der Waals surface area (Å²) < 4.78 is 0. The number of hydrogen-bond acceptors (Lipinski definition) is 2. The molecule has 0 aliphatic carbocycles. The van der Waals surface area contributed by atoms with Gasteiger partial charge in [-0.3, -0.25) is 0 Å². The molecule has 1 aromatic carbocycles. The van der Waals surface area contributed by atoms with Crippen LogP contribution in [-0.2, 0) is 0 Å². The molecule has 0 radical (unpaired) electrons. The van der Waals surface area contributed by atoms with E-state index in [1.807, 2.05) is 30.5 Å². The van der Waals surface area contributed by atoms with Gasteiger partial charge in [-0.25, -0.2) is 4.79 Å². The third-order valence-corrected chi connectivity index (χ3v) is 3.60. The molecule has 0 aliphatic rings. The number of nitrogens with one attached hydrogen (secondary N) is 3. The number of aromatic amines is 1. The maximum atomic E-state index is 11.9. The van der Waals surface area contributed by atoms with E-state index in [-0.39, 0.29) is 12.6 Å². The van der Waals surface area contributed by atoms with Crippen LogP contribution in [-0.4, -0.2) is 29.3 Å². The van der Waals surface area contributed by atoms with Crippen LogP contribution in [0.15, 0.2) is 30.5 Å². The molecule has 4 N–H and O–H groups in total. The number of carbonyl (C=O) groups is 1. The van der Waals surface area contributed by atoms with Crippen LogP contribution in [0, 0.1) is 5.92 Å². The average Bonchev–Trinajstić information content (AvgIpc) is 2.93. The highest BCUT2D eigenvalue weighted by atomic mass is 16.3. The molecular formula is C16H23N3O2. The van der Waals surface area contributed by atoms with Crippen molar-refractivity contribution in [3.05, 3.63) is 30.5 Å². The minimum absolute atomic E-state index is 0.165. The van der Waals surface area contributed by atoms with E-state index in [0.29, 0.717) is 12.5 Å². The number of H-pyrrole nitrogens is 1. The molecule has 0 fully saturated rings. The summed E-state index contributed by atoms with van der Waals surface area (Å²) in [5.74, 6) is 0.331. The number of amides is 2. The van der Waals surface area contributed by atoms with Crippen molar-refractivity contribution in [2.45, 2.75) is 26.2 Å². The van der Waals surface area contributed by atoms with Crippen LogP contribution in [0.4, 0.5) is 10.5 Å². The van der Waals surface area contributed by atoms with Crippen LogP contribution in [0.5, 0.6) is 0 Å². The van der Waals surface area contributed by atoms with Crippen LogP contribution in [0.2, 0.25) is 0 Å². The summed E-state index contributed by atoms with van der Waals surface area (Å²) in [6, 6.07) is 7.51. The highest BCUT2D eigenvalue weighted by Gasteiger charge is 2.09. The van der Waals surface area contributed by atoms with Crippen molar-refractivity contribution < 1.29 is 9.90 Å².